The lowest BCUT2D eigenvalue weighted by Crippen LogP contribution is -2.43. The molecule has 1 fully saturated rings. The van der Waals surface area contributed by atoms with Crippen LogP contribution < -0.4 is 0 Å². The molecule has 110 valence electrons. The molecule has 2 atom stereocenters. The Balaban J connectivity index is 1.58. The Morgan fingerprint density at radius 1 is 1.35 bits per heavy atom. The quantitative estimate of drug-likeness (QED) is 0.866. The molecular formula is C17H25NO2. The third-order valence-corrected chi connectivity index (χ3v) is 5.03. The van der Waals surface area contributed by atoms with Gasteiger partial charge in [-0.3, -0.25) is 4.90 Å². The van der Waals surface area contributed by atoms with Gasteiger partial charge in [0, 0.05) is 19.0 Å². The summed E-state index contributed by atoms with van der Waals surface area (Å²) in [7, 11) is 2.08. The lowest BCUT2D eigenvalue weighted by atomic mass is 9.76. The van der Waals surface area contributed by atoms with Gasteiger partial charge in [-0.1, -0.05) is 24.3 Å². The second-order valence-electron chi connectivity index (χ2n) is 6.63. The fourth-order valence-electron chi connectivity index (χ4n) is 3.74. The van der Waals surface area contributed by atoms with Gasteiger partial charge >= 0.3 is 0 Å². The van der Waals surface area contributed by atoms with Gasteiger partial charge in [0.05, 0.1) is 11.7 Å². The Bertz CT molecular complexity index is 470. The van der Waals surface area contributed by atoms with Crippen LogP contribution in [-0.4, -0.2) is 40.4 Å². The Kier molecular flexibility index (Phi) is 3.85. The van der Waals surface area contributed by atoms with Crippen molar-refractivity contribution >= 4 is 0 Å². The minimum atomic E-state index is -0.589. The molecule has 2 unspecified atom stereocenters. The largest absolute Gasteiger partial charge is 0.392 e. The van der Waals surface area contributed by atoms with Crippen molar-refractivity contribution in [3.05, 3.63) is 35.4 Å². The number of aliphatic hydroxyl groups excluding tert-OH is 1. The summed E-state index contributed by atoms with van der Waals surface area (Å²) in [5, 5.41) is 20.4. The number of aryl methyl sites for hydroxylation is 1. The zero-order chi connectivity index (χ0) is 14.2. The van der Waals surface area contributed by atoms with Crippen LogP contribution in [0.15, 0.2) is 24.3 Å². The SMILES string of the molecule is CN(CC(O)CC1(O)CCC1)C1CCc2ccccc21. The lowest BCUT2D eigenvalue weighted by molar-refractivity contribution is -0.0734. The third-order valence-electron chi connectivity index (χ3n) is 5.03. The lowest BCUT2D eigenvalue weighted by Gasteiger charge is -2.39. The van der Waals surface area contributed by atoms with E-state index in [2.05, 4.69) is 36.2 Å². The molecule has 3 rings (SSSR count). The van der Waals surface area contributed by atoms with Gasteiger partial charge in [-0.05, 0) is 50.3 Å². The fourth-order valence-corrected chi connectivity index (χ4v) is 3.74. The van der Waals surface area contributed by atoms with Crippen LogP contribution >= 0.6 is 0 Å². The van der Waals surface area contributed by atoms with Crippen LogP contribution in [-0.2, 0) is 6.42 Å². The summed E-state index contributed by atoms with van der Waals surface area (Å²) in [6, 6.07) is 9.02. The summed E-state index contributed by atoms with van der Waals surface area (Å²) in [5.41, 5.74) is 2.26. The van der Waals surface area contributed by atoms with Gasteiger partial charge in [0.2, 0.25) is 0 Å². The predicted octanol–water partition coefficient (Wildman–Crippen LogP) is 2.27. The zero-order valence-electron chi connectivity index (χ0n) is 12.3. The van der Waals surface area contributed by atoms with Gasteiger partial charge in [-0.15, -0.1) is 0 Å². The Morgan fingerprint density at radius 3 is 2.80 bits per heavy atom. The van der Waals surface area contributed by atoms with Crippen LogP contribution in [0.5, 0.6) is 0 Å². The summed E-state index contributed by atoms with van der Waals surface area (Å²) in [6.07, 6.45) is 5.14. The molecule has 1 aromatic carbocycles. The molecule has 0 bridgehead atoms. The average Bonchev–Trinajstić information content (AvgIpc) is 2.80. The highest BCUT2D eigenvalue weighted by Crippen LogP contribution is 2.37. The van der Waals surface area contributed by atoms with Crippen molar-refractivity contribution in [3.8, 4) is 0 Å². The number of nitrogens with zero attached hydrogens (tertiary/aromatic N) is 1. The van der Waals surface area contributed by atoms with Crippen LogP contribution in [0, 0.1) is 0 Å². The molecule has 2 N–H and O–H groups in total. The van der Waals surface area contributed by atoms with E-state index in [-0.39, 0.29) is 0 Å². The van der Waals surface area contributed by atoms with Gasteiger partial charge < -0.3 is 10.2 Å². The molecule has 0 aliphatic heterocycles. The highest BCUT2D eigenvalue weighted by Gasteiger charge is 2.37. The van der Waals surface area contributed by atoms with E-state index in [1.165, 1.54) is 11.1 Å². The molecule has 0 aromatic heterocycles. The number of hydrogen-bond acceptors (Lipinski definition) is 3. The number of rotatable bonds is 5. The maximum Gasteiger partial charge on any atom is 0.0694 e. The van der Waals surface area contributed by atoms with Gasteiger partial charge in [-0.25, -0.2) is 0 Å². The van der Waals surface area contributed by atoms with Crippen LogP contribution in [0.3, 0.4) is 0 Å². The van der Waals surface area contributed by atoms with E-state index in [4.69, 9.17) is 0 Å². The van der Waals surface area contributed by atoms with E-state index >= 15 is 0 Å². The smallest absolute Gasteiger partial charge is 0.0694 e. The number of hydrogen-bond donors (Lipinski definition) is 2. The predicted molar refractivity (Wildman–Crippen MR) is 79.6 cm³/mol. The summed E-state index contributed by atoms with van der Waals surface area (Å²) >= 11 is 0. The number of benzene rings is 1. The molecule has 0 spiro atoms. The molecule has 3 heteroatoms. The standard InChI is InChI=1S/C17H25NO2/c1-18(12-14(19)11-17(20)9-4-10-17)16-8-7-13-5-2-3-6-15(13)16/h2-3,5-6,14,16,19-20H,4,7-12H2,1H3. The summed E-state index contributed by atoms with van der Waals surface area (Å²) < 4.78 is 0. The van der Waals surface area contributed by atoms with Crippen LogP contribution in [0.2, 0.25) is 0 Å². The average molecular weight is 275 g/mol. The maximum absolute atomic E-state index is 10.2. The summed E-state index contributed by atoms with van der Waals surface area (Å²) in [5.74, 6) is 0. The van der Waals surface area contributed by atoms with Crippen molar-refractivity contribution in [2.75, 3.05) is 13.6 Å². The fraction of sp³-hybridized carbons (Fsp3) is 0.647. The molecular weight excluding hydrogens is 250 g/mol. The van der Waals surface area contributed by atoms with Crippen LogP contribution in [0.4, 0.5) is 0 Å². The highest BCUT2D eigenvalue weighted by atomic mass is 16.3. The van der Waals surface area contributed by atoms with Gasteiger partial charge in [0.25, 0.3) is 0 Å². The molecule has 2 aliphatic rings. The molecule has 0 saturated heterocycles. The van der Waals surface area contributed by atoms with E-state index in [1.807, 2.05) is 0 Å². The van der Waals surface area contributed by atoms with Crippen molar-refractivity contribution in [2.24, 2.45) is 0 Å². The zero-order valence-corrected chi connectivity index (χ0v) is 12.3. The first-order chi connectivity index (χ1) is 9.57. The van der Waals surface area contributed by atoms with Crippen molar-refractivity contribution in [1.29, 1.82) is 0 Å². The molecule has 1 saturated carbocycles. The monoisotopic (exact) mass is 275 g/mol. The van der Waals surface area contributed by atoms with Gasteiger partial charge in [-0.2, -0.15) is 0 Å². The normalized spacial score (nSPS) is 25.3. The van der Waals surface area contributed by atoms with Crippen molar-refractivity contribution < 1.29 is 10.2 Å². The number of likely N-dealkylation sites (N-methyl/N-ethyl adjacent to an activating group) is 1. The van der Waals surface area contributed by atoms with E-state index in [0.717, 1.165) is 32.1 Å². The van der Waals surface area contributed by atoms with Crippen molar-refractivity contribution in [3.63, 3.8) is 0 Å². The molecule has 20 heavy (non-hydrogen) atoms. The molecule has 1 aromatic rings. The summed E-state index contributed by atoms with van der Waals surface area (Å²) in [6.45, 7) is 0.640. The minimum Gasteiger partial charge on any atom is -0.392 e. The minimum absolute atomic E-state index is 0.414. The Hall–Kier alpha value is -0.900. The van der Waals surface area contributed by atoms with E-state index in [0.29, 0.717) is 19.0 Å². The van der Waals surface area contributed by atoms with Gasteiger partial charge in [0.15, 0.2) is 0 Å². The molecule has 3 nitrogen and oxygen atoms in total. The number of fused-ring (bicyclic) bond motifs is 1. The molecule has 2 aliphatic carbocycles. The number of aliphatic hydroxyl groups is 2. The Labute approximate surface area is 121 Å². The summed E-state index contributed by atoms with van der Waals surface area (Å²) in [4.78, 5) is 2.25. The Morgan fingerprint density at radius 2 is 2.10 bits per heavy atom. The first kappa shape index (κ1) is 14.1. The second-order valence-corrected chi connectivity index (χ2v) is 6.63. The first-order valence-corrected chi connectivity index (χ1v) is 7.76. The highest BCUT2D eigenvalue weighted by molar-refractivity contribution is 5.34. The molecule has 0 amide bonds. The van der Waals surface area contributed by atoms with Crippen molar-refractivity contribution in [1.82, 2.24) is 4.90 Å². The maximum atomic E-state index is 10.2. The van der Waals surface area contributed by atoms with E-state index in [1.54, 1.807) is 0 Å². The first-order valence-electron chi connectivity index (χ1n) is 7.76. The van der Waals surface area contributed by atoms with E-state index < -0.39 is 11.7 Å². The molecule has 0 heterocycles. The van der Waals surface area contributed by atoms with Gasteiger partial charge in [0.1, 0.15) is 0 Å². The van der Waals surface area contributed by atoms with Crippen molar-refractivity contribution in [2.45, 2.75) is 56.3 Å². The van der Waals surface area contributed by atoms with Crippen LogP contribution in [0.1, 0.15) is 49.3 Å². The topological polar surface area (TPSA) is 43.7 Å². The third kappa shape index (κ3) is 2.76. The second kappa shape index (κ2) is 5.47. The molecule has 0 radical (unpaired) electrons. The van der Waals surface area contributed by atoms with E-state index in [9.17, 15) is 10.2 Å². The van der Waals surface area contributed by atoms with Crippen LogP contribution in [0.25, 0.3) is 0 Å².